The molecule has 1 aliphatic heterocycles. The van der Waals surface area contributed by atoms with Crippen LogP contribution in [0.4, 0.5) is 0 Å². The van der Waals surface area contributed by atoms with Crippen molar-refractivity contribution in [1.82, 2.24) is 26.2 Å². The number of carbonyl (C=O) groups is 5. The van der Waals surface area contributed by atoms with Gasteiger partial charge in [-0.05, 0) is 62.7 Å². The molecule has 1 saturated heterocycles. The molecule has 1 rings (SSSR count). The first-order valence-electron chi connectivity index (χ1n) is 15.3. The van der Waals surface area contributed by atoms with Gasteiger partial charge in [-0.25, -0.2) is 4.79 Å². The summed E-state index contributed by atoms with van der Waals surface area (Å²) in [7, 11) is 0. The van der Waals surface area contributed by atoms with Crippen molar-refractivity contribution in [3.8, 4) is 0 Å². The Morgan fingerprint density at radius 1 is 0.860 bits per heavy atom. The topological polar surface area (TPSA) is 233 Å². The highest BCUT2D eigenvalue weighted by Gasteiger charge is 2.39. The molecule has 1 fully saturated rings. The summed E-state index contributed by atoms with van der Waals surface area (Å²) in [6.45, 7) is 12.0. The average molecular weight is 611 g/mol. The van der Waals surface area contributed by atoms with Crippen molar-refractivity contribution in [3.63, 3.8) is 0 Å². The molecule has 1 heterocycles. The van der Waals surface area contributed by atoms with Gasteiger partial charge >= 0.3 is 5.97 Å². The van der Waals surface area contributed by atoms with E-state index in [0.29, 0.717) is 32.1 Å². The Morgan fingerprint density at radius 3 is 1.95 bits per heavy atom. The lowest BCUT2D eigenvalue weighted by molar-refractivity contribution is -0.145. The van der Waals surface area contributed by atoms with Crippen molar-refractivity contribution in [2.45, 2.75) is 117 Å². The summed E-state index contributed by atoms with van der Waals surface area (Å²) < 4.78 is 0. The smallest absolute Gasteiger partial charge is 0.326 e. The Hall–Kier alpha value is -3.42. The molecule has 246 valence electrons. The second kappa shape index (κ2) is 18.3. The highest BCUT2D eigenvalue weighted by Crippen LogP contribution is 2.21. The molecule has 0 aromatic heterocycles. The Bertz CT molecular complexity index is 973. The first-order valence-corrected chi connectivity index (χ1v) is 15.3. The van der Waals surface area contributed by atoms with Gasteiger partial charge in [-0.1, -0.05) is 41.5 Å². The van der Waals surface area contributed by atoms with Crippen LogP contribution in [-0.4, -0.2) is 88.9 Å². The highest BCUT2D eigenvalue weighted by atomic mass is 16.4. The summed E-state index contributed by atoms with van der Waals surface area (Å²) in [5, 5.41) is 27.7. The van der Waals surface area contributed by atoms with Gasteiger partial charge in [0.1, 0.15) is 24.2 Å². The number of aliphatic carboxylic acids is 1. The third-order valence-electron chi connectivity index (χ3n) is 7.16. The number of nitrogens with zero attached hydrogens (tertiary/aromatic N) is 1. The van der Waals surface area contributed by atoms with E-state index in [-0.39, 0.29) is 49.6 Å². The van der Waals surface area contributed by atoms with Crippen LogP contribution in [0.15, 0.2) is 0 Å². The second-order valence-corrected chi connectivity index (χ2v) is 12.7. The van der Waals surface area contributed by atoms with Gasteiger partial charge in [-0.3, -0.25) is 24.6 Å². The summed E-state index contributed by atoms with van der Waals surface area (Å²) >= 11 is 0. The molecule has 0 unspecified atom stereocenters. The van der Waals surface area contributed by atoms with Crippen LogP contribution in [0, 0.1) is 23.2 Å². The third kappa shape index (κ3) is 13.6. The van der Waals surface area contributed by atoms with E-state index < -0.39 is 59.8 Å². The first kappa shape index (κ1) is 37.6. The van der Waals surface area contributed by atoms with Gasteiger partial charge in [0.2, 0.25) is 23.6 Å². The van der Waals surface area contributed by atoms with E-state index in [1.54, 1.807) is 0 Å². The summed E-state index contributed by atoms with van der Waals surface area (Å²) in [4.78, 5) is 66.4. The van der Waals surface area contributed by atoms with Crippen molar-refractivity contribution in [2.75, 3.05) is 13.1 Å². The van der Waals surface area contributed by atoms with E-state index in [1.807, 2.05) is 41.5 Å². The van der Waals surface area contributed by atoms with Crippen LogP contribution in [0.25, 0.3) is 0 Å². The zero-order chi connectivity index (χ0) is 32.9. The molecule has 43 heavy (non-hydrogen) atoms. The average Bonchev–Trinajstić information content (AvgIpc) is 3.38. The maximum absolute atomic E-state index is 13.8. The maximum atomic E-state index is 13.8. The Kier molecular flexibility index (Phi) is 16.0. The molecule has 0 spiro atoms. The monoisotopic (exact) mass is 610 g/mol. The number of guanidine groups is 1. The minimum absolute atomic E-state index is 0.0325. The summed E-state index contributed by atoms with van der Waals surface area (Å²) in [5.41, 5.74) is 11.4. The molecule has 0 aromatic carbocycles. The van der Waals surface area contributed by atoms with Gasteiger partial charge in [0, 0.05) is 13.1 Å². The van der Waals surface area contributed by atoms with Gasteiger partial charge in [-0.2, -0.15) is 0 Å². The molecule has 14 heteroatoms. The van der Waals surface area contributed by atoms with Gasteiger partial charge in [-0.15, -0.1) is 0 Å². The number of nitrogens with one attached hydrogen (secondary N) is 5. The Balaban J connectivity index is 3.16. The van der Waals surface area contributed by atoms with E-state index in [4.69, 9.17) is 16.9 Å². The molecule has 0 saturated carbocycles. The van der Waals surface area contributed by atoms with Crippen LogP contribution >= 0.6 is 0 Å². The molecule has 0 bridgehead atoms. The van der Waals surface area contributed by atoms with Gasteiger partial charge < -0.3 is 42.7 Å². The zero-order valence-electron chi connectivity index (χ0n) is 26.6. The SMILES string of the molecule is CC(C)C[C@H](NC(=O)[C@@H]1CCCN1C(=O)[C@H](CCCNC(=N)N)NC(=O)[C@H](CC(C)C)NC(=O)[C@@H](N)CC(C)C)C(=O)O. The number of rotatable bonds is 18. The predicted octanol–water partition coefficient (Wildman–Crippen LogP) is 0.245. The Morgan fingerprint density at radius 2 is 1.42 bits per heavy atom. The lowest BCUT2D eigenvalue weighted by atomic mass is 10.00. The van der Waals surface area contributed by atoms with Crippen LogP contribution in [-0.2, 0) is 24.0 Å². The summed E-state index contributed by atoms with van der Waals surface area (Å²) in [5.74, 6) is -3.13. The predicted molar refractivity (Wildman–Crippen MR) is 164 cm³/mol. The Labute approximate surface area is 255 Å². The van der Waals surface area contributed by atoms with Crippen molar-refractivity contribution in [2.24, 2.45) is 29.2 Å². The van der Waals surface area contributed by atoms with Gasteiger partial charge in [0.15, 0.2) is 5.96 Å². The van der Waals surface area contributed by atoms with Crippen LogP contribution in [0.2, 0.25) is 0 Å². The number of carboxylic acid groups (broad SMARTS) is 1. The molecule has 0 radical (unpaired) electrons. The van der Waals surface area contributed by atoms with E-state index in [9.17, 15) is 29.1 Å². The standard InChI is InChI=1S/C29H54N8O6/c1-16(2)13-19(30)24(38)35-21(14-17(3)4)25(39)34-20(9-7-11-33-29(31)32)27(41)37-12-8-10-23(37)26(40)36-22(28(42)43)15-18(5)6/h16-23H,7-15,30H2,1-6H3,(H,34,39)(H,35,38)(H,36,40)(H,42,43)(H4,31,32,33)/t19-,20-,21-,22-,23-/m0/s1. The lowest BCUT2D eigenvalue weighted by Crippen LogP contribution is -2.58. The minimum Gasteiger partial charge on any atom is -0.480 e. The maximum Gasteiger partial charge on any atom is 0.326 e. The molecule has 5 atom stereocenters. The molecular weight excluding hydrogens is 556 g/mol. The van der Waals surface area contributed by atoms with Crippen LogP contribution in [0.3, 0.4) is 0 Å². The molecule has 4 amide bonds. The van der Waals surface area contributed by atoms with E-state index in [2.05, 4.69) is 21.3 Å². The minimum atomic E-state index is -1.15. The molecular formula is C29H54N8O6. The fourth-order valence-corrected chi connectivity index (χ4v) is 5.12. The fourth-order valence-electron chi connectivity index (χ4n) is 5.12. The van der Waals surface area contributed by atoms with Crippen LogP contribution in [0.1, 0.15) is 86.5 Å². The molecule has 14 nitrogen and oxygen atoms in total. The van der Waals surface area contributed by atoms with E-state index >= 15 is 0 Å². The molecule has 1 aliphatic rings. The van der Waals surface area contributed by atoms with Gasteiger partial charge in [0.25, 0.3) is 0 Å². The van der Waals surface area contributed by atoms with Gasteiger partial charge in [0.05, 0.1) is 6.04 Å². The first-order chi connectivity index (χ1) is 20.0. The number of hydrogen-bond acceptors (Lipinski definition) is 7. The molecule has 0 aliphatic carbocycles. The third-order valence-corrected chi connectivity index (χ3v) is 7.16. The van der Waals surface area contributed by atoms with Crippen molar-refractivity contribution >= 4 is 35.6 Å². The van der Waals surface area contributed by atoms with E-state index in [0.717, 1.165) is 0 Å². The quantitative estimate of drug-likeness (QED) is 0.0602. The van der Waals surface area contributed by atoms with Crippen molar-refractivity contribution in [1.29, 1.82) is 5.41 Å². The molecule has 0 aromatic rings. The summed E-state index contributed by atoms with van der Waals surface area (Å²) in [6, 6.07) is -4.71. The van der Waals surface area contributed by atoms with Crippen LogP contribution < -0.4 is 32.7 Å². The molecule has 10 N–H and O–H groups in total. The highest BCUT2D eigenvalue weighted by molar-refractivity contribution is 5.95. The number of carbonyl (C=O) groups excluding carboxylic acids is 4. The summed E-state index contributed by atoms with van der Waals surface area (Å²) in [6.07, 6.45) is 2.46. The number of amides is 4. The normalized spacial score (nSPS) is 17.7. The van der Waals surface area contributed by atoms with E-state index in [1.165, 1.54) is 4.90 Å². The number of likely N-dealkylation sites (tertiary alicyclic amines) is 1. The van der Waals surface area contributed by atoms with Crippen LogP contribution in [0.5, 0.6) is 0 Å². The van der Waals surface area contributed by atoms with Crippen molar-refractivity contribution in [3.05, 3.63) is 0 Å². The van der Waals surface area contributed by atoms with Crippen molar-refractivity contribution < 1.29 is 29.1 Å². The number of nitrogens with two attached hydrogens (primary N) is 2. The largest absolute Gasteiger partial charge is 0.480 e. The lowest BCUT2D eigenvalue weighted by Gasteiger charge is -2.31. The second-order valence-electron chi connectivity index (χ2n) is 12.7. The zero-order valence-corrected chi connectivity index (χ0v) is 26.6. The number of carboxylic acids is 1. The number of hydrogen-bond donors (Lipinski definition) is 8. The fraction of sp³-hybridized carbons (Fsp3) is 0.793.